The van der Waals surface area contributed by atoms with Crippen molar-refractivity contribution in [3.8, 4) is 0 Å². The smallest absolute Gasteiger partial charge is 0.256 e. The summed E-state index contributed by atoms with van der Waals surface area (Å²) in [6.07, 6.45) is 7.81. The molecular weight excluding hydrogens is 300 g/mol. The van der Waals surface area contributed by atoms with Crippen LogP contribution < -0.4 is 5.32 Å². The molecule has 0 saturated carbocycles. The predicted molar refractivity (Wildman–Crippen MR) is 95.6 cm³/mol. The summed E-state index contributed by atoms with van der Waals surface area (Å²) < 4.78 is 0. The number of nitrogens with zero attached hydrogens (tertiary/aromatic N) is 3. The normalized spacial score (nSPS) is 15.0. The molecule has 1 fully saturated rings. The molecule has 0 atom stereocenters. The van der Waals surface area contributed by atoms with Gasteiger partial charge in [0, 0.05) is 31.2 Å². The average Bonchev–Trinajstić information content (AvgIpc) is 2.83. The van der Waals surface area contributed by atoms with Crippen LogP contribution in [-0.2, 0) is 0 Å². The van der Waals surface area contributed by atoms with Gasteiger partial charge in [-0.2, -0.15) is 0 Å². The molecule has 126 valence electrons. The van der Waals surface area contributed by atoms with Crippen LogP contribution >= 0.6 is 0 Å². The molecule has 2 heterocycles. The fourth-order valence-electron chi connectivity index (χ4n) is 3.14. The lowest BCUT2D eigenvalue weighted by Gasteiger charge is -2.19. The van der Waals surface area contributed by atoms with E-state index in [2.05, 4.69) is 35.2 Å². The molecule has 0 bridgehead atoms. The molecule has 1 saturated heterocycles. The molecule has 1 aromatic carbocycles. The second-order valence-corrected chi connectivity index (χ2v) is 6.50. The first-order valence-corrected chi connectivity index (χ1v) is 8.58. The largest absolute Gasteiger partial charge is 0.339 e. The molecule has 1 aliphatic heterocycles. The summed E-state index contributed by atoms with van der Waals surface area (Å²) in [7, 11) is 0. The summed E-state index contributed by atoms with van der Waals surface area (Å²) in [5.41, 5.74) is 3.89. The van der Waals surface area contributed by atoms with Crippen molar-refractivity contribution in [2.75, 3.05) is 18.4 Å². The van der Waals surface area contributed by atoms with Crippen molar-refractivity contribution in [2.24, 2.45) is 0 Å². The fourth-order valence-corrected chi connectivity index (χ4v) is 3.14. The minimum Gasteiger partial charge on any atom is -0.339 e. The first-order valence-electron chi connectivity index (χ1n) is 8.58. The van der Waals surface area contributed by atoms with Crippen LogP contribution in [0.4, 0.5) is 11.6 Å². The maximum atomic E-state index is 12.5. The molecule has 0 radical (unpaired) electrons. The number of hydrogen-bond donors (Lipinski definition) is 1. The van der Waals surface area contributed by atoms with Gasteiger partial charge in [-0.3, -0.25) is 4.79 Å². The van der Waals surface area contributed by atoms with Crippen molar-refractivity contribution < 1.29 is 4.79 Å². The first kappa shape index (κ1) is 16.4. The molecule has 0 unspecified atom stereocenters. The maximum absolute atomic E-state index is 12.5. The SMILES string of the molecule is Cc1cc(C)cc(Nc2ncc(C(=O)N3CCCCCC3)cn2)c1. The lowest BCUT2D eigenvalue weighted by atomic mass is 10.1. The van der Waals surface area contributed by atoms with Crippen molar-refractivity contribution in [1.82, 2.24) is 14.9 Å². The minimum absolute atomic E-state index is 0.0369. The van der Waals surface area contributed by atoms with E-state index < -0.39 is 0 Å². The van der Waals surface area contributed by atoms with Crippen LogP contribution in [0, 0.1) is 13.8 Å². The predicted octanol–water partition coefficient (Wildman–Crippen LogP) is 3.85. The van der Waals surface area contributed by atoms with Crippen molar-refractivity contribution in [3.05, 3.63) is 47.3 Å². The van der Waals surface area contributed by atoms with Gasteiger partial charge < -0.3 is 10.2 Å². The van der Waals surface area contributed by atoms with E-state index >= 15 is 0 Å². The highest BCUT2D eigenvalue weighted by molar-refractivity contribution is 5.93. The van der Waals surface area contributed by atoms with Crippen LogP contribution in [0.25, 0.3) is 0 Å². The van der Waals surface area contributed by atoms with Gasteiger partial charge in [0.15, 0.2) is 0 Å². The van der Waals surface area contributed by atoms with Crippen LogP contribution in [-0.4, -0.2) is 33.9 Å². The number of carbonyl (C=O) groups is 1. The maximum Gasteiger partial charge on any atom is 0.256 e. The number of anilines is 2. The summed E-state index contributed by atoms with van der Waals surface area (Å²) in [5, 5.41) is 3.19. The lowest BCUT2D eigenvalue weighted by Crippen LogP contribution is -2.32. The summed E-state index contributed by atoms with van der Waals surface area (Å²) in [5.74, 6) is 0.544. The third-order valence-corrected chi connectivity index (χ3v) is 4.27. The van der Waals surface area contributed by atoms with Gasteiger partial charge in [0.05, 0.1) is 5.56 Å². The molecule has 1 N–H and O–H groups in total. The van der Waals surface area contributed by atoms with Crippen LogP contribution in [0.3, 0.4) is 0 Å². The van der Waals surface area contributed by atoms with E-state index in [4.69, 9.17) is 0 Å². The third kappa shape index (κ3) is 4.10. The van der Waals surface area contributed by atoms with Gasteiger partial charge in [0.1, 0.15) is 0 Å². The number of aromatic nitrogens is 2. The van der Waals surface area contributed by atoms with Gasteiger partial charge in [-0.25, -0.2) is 9.97 Å². The highest BCUT2D eigenvalue weighted by Gasteiger charge is 2.17. The van der Waals surface area contributed by atoms with Crippen LogP contribution in [0.1, 0.15) is 47.2 Å². The number of carbonyl (C=O) groups excluding carboxylic acids is 1. The standard InChI is InChI=1S/C19H24N4O/c1-14-9-15(2)11-17(10-14)22-19-20-12-16(13-21-19)18(24)23-7-5-3-4-6-8-23/h9-13H,3-8H2,1-2H3,(H,20,21,22). The summed E-state index contributed by atoms with van der Waals surface area (Å²) in [6.45, 7) is 5.78. The van der Waals surface area contributed by atoms with Crippen LogP contribution in [0.5, 0.6) is 0 Å². The van der Waals surface area contributed by atoms with Gasteiger partial charge in [-0.1, -0.05) is 18.9 Å². The van der Waals surface area contributed by atoms with Gasteiger partial charge in [0.25, 0.3) is 5.91 Å². The van der Waals surface area contributed by atoms with Crippen molar-refractivity contribution in [3.63, 3.8) is 0 Å². The summed E-state index contributed by atoms with van der Waals surface area (Å²) in [6, 6.07) is 6.22. The number of benzene rings is 1. The molecule has 1 aliphatic rings. The topological polar surface area (TPSA) is 58.1 Å². The number of aryl methyl sites for hydroxylation is 2. The van der Waals surface area contributed by atoms with Gasteiger partial charge in [-0.05, 0) is 49.9 Å². The molecule has 5 heteroatoms. The second-order valence-electron chi connectivity index (χ2n) is 6.50. The summed E-state index contributed by atoms with van der Waals surface area (Å²) >= 11 is 0. The molecule has 3 rings (SSSR count). The zero-order valence-electron chi connectivity index (χ0n) is 14.4. The van der Waals surface area contributed by atoms with E-state index in [9.17, 15) is 4.79 Å². The minimum atomic E-state index is 0.0369. The molecule has 1 aromatic heterocycles. The molecule has 0 spiro atoms. The first-order chi connectivity index (χ1) is 11.6. The highest BCUT2D eigenvalue weighted by Crippen LogP contribution is 2.18. The van der Waals surface area contributed by atoms with E-state index in [1.165, 1.54) is 24.0 Å². The molecule has 1 amide bonds. The zero-order valence-corrected chi connectivity index (χ0v) is 14.4. The second kappa shape index (κ2) is 7.43. The Bertz CT molecular complexity index is 684. The van der Waals surface area contributed by atoms with Crippen molar-refractivity contribution >= 4 is 17.5 Å². The fraction of sp³-hybridized carbons (Fsp3) is 0.421. The number of amides is 1. The van der Waals surface area contributed by atoms with Crippen LogP contribution in [0.15, 0.2) is 30.6 Å². The van der Waals surface area contributed by atoms with Gasteiger partial charge >= 0.3 is 0 Å². The highest BCUT2D eigenvalue weighted by atomic mass is 16.2. The zero-order chi connectivity index (χ0) is 16.9. The third-order valence-electron chi connectivity index (χ3n) is 4.27. The van der Waals surface area contributed by atoms with E-state index in [1.54, 1.807) is 12.4 Å². The number of nitrogens with one attached hydrogen (secondary N) is 1. The Labute approximate surface area is 143 Å². The molecular formula is C19H24N4O. The Balaban J connectivity index is 1.69. The van der Waals surface area contributed by atoms with E-state index in [0.717, 1.165) is 31.6 Å². The Morgan fingerprint density at radius 3 is 2.12 bits per heavy atom. The van der Waals surface area contributed by atoms with Crippen LogP contribution in [0.2, 0.25) is 0 Å². The Morgan fingerprint density at radius 2 is 1.54 bits per heavy atom. The summed E-state index contributed by atoms with van der Waals surface area (Å²) in [4.78, 5) is 23.1. The van der Waals surface area contributed by atoms with Gasteiger partial charge in [0.2, 0.25) is 5.95 Å². The lowest BCUT2D eigenvalue weighted by molar-refractivity contribution is 0.0761. The molecule has 24 heavy (non-hydrogen) atoms. The van der Waals surface area contributed by atoms with E-state index in [-0.39, 0.29) is 5.91 Å². The number of rotatable bonds is 3. The number of likely N-dealkylation sites (tertiary alicyclic amines) is 1. The van der Waals surface area contributed by atoms with E-state index in [0.29, 0.717) is 11.5 Å². The number of hydrogen-bond acceptors (Lipinski definition) is 4. The quantitative estimate of drug-likeness (QED) is 0.931. The Hall–Kier alpha value is -2.43. The molecule has 0 aliphatic carbocycles. The van der Waals surface area contributed by atoms with Crippen molar-refractivity contribution in [2.45, 2.75) is 39.5 Å². The Morgan fingerprint density at radius 1 is 0.958 bits per heavy atom. The molecule has 2 aromatic rings. The average molecular weight is 324 g/mol. The van der Waals surface area contributed by atoms with E-state index in [1.807, 2.05) is 17.0 Å². The van der Waals surface area contributed by atoms with Gasteiger partial charge in [-0.15, -0.1) is 0 Å². The Kier molecular flexibility index (Phi) is 5.08. The monoisotopic (exact) mass is 324 g/mol. The molecule has 5 nitrogen and oxygen atoms in total. The van der Waals surface area contributed by atoms with Crippen molar-refractivity contribution in [1.29, 1.82) is 0 Å².